The molecule has 0 aromatic heterocycles. The predicted molar refractivity (Wildman–Crippen MR) is 66.8 cm³/mol. The number of allylic oxidation sites excluding steroid dienone is 2. The lowest BCUT2D eigenvalue weighted by Gasteiger charge is -2.28. The van der Waals surface area contributed by atoms with E-state index in [0.29, 0.717) is 11.3 Å². The van der Waals surface area contributed by atoms with Gasteiger partial charge in [0.05, 0.1) is 0 Å². The molecule has 0 heterocycles. The molecule has 0 saturated heterocycles. The molecule has 1 atom stereocenters. The Morgan fingerprint density at radius 2 is 1.79 bits per heavy atom. The minimum Gasteiger partial charge on any atom is -0.305 e. The maximum Gasteiger partial charge on any atom is 0.0414 e. The molecular weight excluding hydrogens is 190 g/mol. The van der Waals surface area contributed by atoms with Gasteiger partial charge < -0.3 is 4.90 Å². The molecule has 0 fully saturated rings. The van der Waals surface area contributed by atoms with Crippen molar-refractivity contribution in [2.24, 2.45) is 5.92 Å². The molecule has 1 aliphatic carbocycles. The Kier molecular flexibility index (Phi) is 4.76. The van der Waals surface area contributed by atoms with Crippen LogP contribution >= 0.6 is 11.8 Å². The van der Waals surface area contributed by atoms with Crippen LogP contribution in [-0.4, -0.2) is 36.0 Å². The van der Waals surface area contributed by atoms with Gasteiger partial charge in [-0.2, -0.15) is 0 Å². The van der Waals surface area contributed by atoms with E-state index in [0.717, 1.165) is 5.92 Å². The first kappa shape index (κ1) is 11.9. The van der Waals surface area contributed by atoms with E-state index in [1.807, 2.05) is 11.8 Å². The van der Waals surface area contributed by atoms with E-state index in [9.17, 15) is 0 Å². The van der Waals surface area contributed by atoms with E-state index in [2.05, 4.69) is 57.1 Å². The summed E-state index contributed by atoms with van der Waals surface area (Å²) in [5.41, 5.74) is 0. The van der Waals surface area contributed by atoms with Crippen molar-refractivity contribution in [2.75, 3.05) is 19.8 Å². The number of hydrogen-bond donors (Lipinski definition) is 0. The van der Waals surface area contributed by atoms with Crippen molar-refractivity contribution in [1.29, 1.82) is 0 Å². The summed E-state index contributed by atoms with van der Waals surface area (Å²) in [6, 6.07) is 0.683. The van der Waals surface area contributed by atoms with Crippen LogP contribution in [-0.2, 0) is 0 Å². The van der Waals surface area contributed by atoms with Crippen LogP contribution in [0.25, 0.3) is 0 Å². The molecule has 14 heavy (non-hydrogen) atoms. The van der Waals surface area contributed by atoms with Crippen molar-refractivity contribution in [3.05, 3.63) is 24.3 Å². The number of thioether (sulfide) groups is 1. The van der Waals surface area contributed by atoms with Crippen LogP contribution < -0.4 is 0 Å². The van der Waals surface area contributed by atoms with Crippen LogP contribution in [0.5, 0.6) is 0 Å². The summed E-state index contributed by atoms with van der Waals surface area (Å²) in [6.45, 7) is 4.59. The van der Waals surface area contributed by atoms with E-state index in [1.165, 1.54) is 5.75 Å². The minimum absolute atomic E-state index is 0.608. The van der Waals surface area contributed by atoms with Crippen LogP contribution in [0.4, 0.5) is 0 Å². The van der Waals surface area contributed by atoms with Gasteiger partial charge in [-0.1, -0.05) is 38.2 Å². The fourth-order valence-electron chi connectivity index (χ4n) is 1.67. The summed E-state index contributed by atoms with van der Waals surface area (Å²) in [6.07, 6.45) is 8.80. The summed E-state index contributed by atoms with van der Waals surface area (Å²) in [5.74, 6) is 1.94. The third-order valence-corrected chi connectivity index (χ3v) is 3.84. The Labute approximate surface area is 92.3 Å². The maximum atomic E-state index is 2.33. The quantitative estimate of drug-likeness (QED) is 0.688. The van der Waals surface area contributed by atoms with E-state index >= 15 is 0 Å². The van der Waals surface area contributed by atoms with Crippen LogP contribution in [0.2, 0.25) is 0 Å². The fraction of sp³-hybridized carbons (Fsp3) is 0.667. The van der Waals surface area contributed by atoms with E-state index in [4.69, 9.17) is 0 Å². The first-order chi connectivity index (χ1) is 6.61. The third-order valence-electron chi connectivity index (χ3n) is 2.60. The van der Waals surface area contributed by atoms with Crippen molar-refractivity contribution in [1.82, 2.24) is 4.90 Å². The normalized spacial score (nSPS) is 18.7. The zero-order chi connectivity index (χ0) is 10.6. The van der Waals surface area contributed by atoms with Gasteiger partial charge >= 0.3 is 0 Å². The first-order valence-corrected chi connectivity index (χ1v) is 6.29. The summed E-state index contributed by atoms with van der Waals surface area (Å²) in [4.78, 5) is 2.33. The summed E-state index contributed by atoms with van der Waals surface area (Å²) < 4.78 is 0. The predicted octanol–water partition coefficient (Wildman–Crippen LogP) is 2.80. The summed E-state index contributed by atoms with van der Waals surface area (Å²) in [7, 11) is 4.34. The third kappa shape index (κ3) is 3.50. The van der Waals surface area contributed by atoms with Gasteiger partial charge in [0.2, 0.25) is 0 Å². The zero-order valence-corrected chi connectivity index (χ0v) is 10.4. The van der Waals surface area contributed by atoms with Gasteiger partial charge in [-0.25, -0.2) is 0 Å². The Bertz CT molecular complexity index is 198. The van der Waals surface area contributed by atoms with Crippen molar-refractivity contribution in [3.63, 3.8) is 0 Å². The lowest BCUT2D eigenvalue weighted by atomic mass is 10.1. The van der Waals surface area contributed by atoms with Crippen molar-refractivity contribution < 1.29 is 0 Å². The van der Waals surface area contributed by atoms with Crippen LogP contribution in [0, 0.1) is 5.92 Å². The van der Waals surface area contributed by atoms with Gasteiger partial charge in [0.15, 0.2) is 0 Å². The molecule has 0 N–H and O–H groups in total. The van der Waals surface area contributed by atoms with E-state index < -0.39 is 0 Å². The van der Waals surface area contributed by atoms with Crippen LogP contribution in [0.3, 0.4) is 0 Å². The molecule has 0 bridgehead atoms. The second-order valence-corrected chi connectivity index (χ2v) is 5.55. The van der Waals surface area contributed by atoms with E-state index in [-0.39, 0.29) is 0 Å². The van der Waals surface area contributed by atoms with Gasteiger partial charge in [-0.3, -0.25) is 0 Å². The topological polar surface area (TPSA) is 3.24 Å². The molecule has 2 heteroatoms. The molecule has 0 aliphatic heterocycles. The number of nitrogens with zero attached hydrogens (tertiary/aromatic N) is 1. The first-order valence-electron chi connectivity index (χ1n) is 5.24. The van der Waals surface area contributed by atoms with Crippen molar-refractivity contribution >= 4 is 11.8 Å². The van der Waals surface area contributed by atoms with Crippen LogP contribution in [0.1, 0.15) is 13.8 Å². The maximum absolute atomic E-state index is 2.33. The highest BCUT2D eigenvalue weighted by Gasteiger charge is 2.17. The van der Waals surface area contributed by atoms with Gasteiger partial charge in [0, 0.05) is 17.0 Å². The second-order valence-electron chi connectivity index (χ2n) is 4.34. The Morgan fingerprint density at radius 3 is 2.21 bits per heavy atom. The molecule has 0 unspecified atom stereocenters. The Hall–Kier alpha value is -0.210. The number of rotatable bonds is 5. The molecule has 0 aromatic rings. The molecule has 0 saturated carbocycles. The Morgan fingerprint density at radius 1 is 1.21 bits per heavy atom. The molecule has 0 spiro atoms. The standard InChI is InChI=1S/C12H21NS/c1-10(2)12(13(3)4)9-14-11-7-5-6-8-11/h5-8,10-12H,9H2,1-4H3/t12-/m1/s1. The monoisotopic (exact) mass is 211 g/mol. The molecular formula is C12H21NS. The van der Waals surface area contributed by atoms with Gasteiger partial charge in [0.1, 0.15) is 0 Å². The lowest BCUT2D eigenvalue weighted by Crippen LogP contribution is -2.35. The van der Waals surface area contributed by atoms with E-state index in [1.54, 1.807) is 0 Å². The molecule has 0 amide bonds. The smallest absolute Gasteiger partial charge is 0.0414 e. The average Bonchev–Trinajstić information content (AvgIpc) is 2.55. The Balaban J connectivity index is 2.33. The zero-order valence-electron chi connectivity index (χ0n) is 9.60. The largest absolute Gasteiger partial charge is 0.305 e. The molecule has 1 aliphatic rings. The SMILES string of the molecule is CC(C)[C@@H](CSC1C=CC=C1)N(C)C. The highest BCUT2D eigenvalue weighted by atomic mass is 32.2. The average molecular weight is 211 g/mol. The second kappa shape index (κ2) is 5.62. The van der Waals surface area contributed by atoms with Gasteiger partial charge in [-0.05, 0) is 20.0 Å². The highest BCUT2D eigenvalue weighted by molar-refractivity contribution is 8.00. The van der Waals surface area contributed by atoms with Crippen LogP contribution in [0.15, 0.2) is 24.3 Å². The lowest BCUT2D eigenvalue weighted by molar-refractivity contribution is 0.256. The van der Waals surface area contributed by atoms with Crippen molar-refractivity contribution in [2.45, 2.75) is 25.1 Å². The highest BCUT2D eigenvalue weighted by Crippen LogP contribution is 2.22. The fourth-order valence-corrected chi connectivity index (χ4v) is 3.18. The molecule has 1 nitrogen and oxygen atoms in total. The molecule has 1 rings (SSSR count). The summed E-state index contributed by atoms with van der Waals surface area (Å²) >= 11 is 2.03. The minimum atomic E-state index is 0.608. The summed E-state index contributed by atoms with van der Waals surface area (Å²) in [5, 5.41) is 0.608. The molecule has 80 valence electrons. The van der Waals surface area contributed by atoms with Gasteiger partial charge in [-0.15, -0.1) is 11.8 Å². The molecule has 0 aromatic carbocycles. The van der Waals surface area contributed by atoms with Gasteiger partial charge in [0.25, 0.3) is 0 Å². The molecule has 0 radical (unpaired) electrons. The van der Waals surface area contributed by atoms with Crippen molar-refractivity contribution in [3.8, 4) is 0 Å². The number of hydrogen-bond acceptors (Lipinski definition) is 2.